The van der Waals surface area contributed by atoms with E-state index in [1.54, 1.807) is 13.8 Å². The number of ether oxygens (including phenoxy) is 1. The molecular formula is C17H27N3O5. The quantitative estimate of drug-likeness (QED) is 0.546. The molecule has 0 aromatic rings. The lowest BCUT2D eigenvalue weighted by atomic mass is 9.82. The molecule has 0 bridgehead atoms. The molecule has 0 aromatic carbocycles. The van der Waals surface area contributed by atoms with Crippen LogP contribution in [0.3, 0.4) is 0 Å². The Hall–Kier alpha value is -2.12. The number of rotatable bonds is 6. The monoisotopic (exact) mass is 353 g/mol. The summed E-state index contributed by atoms with van der Waals surface area (Å²) in [7, 11) is 1.26. The summed E-state index contributed by atoms with van der Waals surface area (Å²) < 4.78 is 4.68. The number of urea groups is 1. The molecule has 1 aliphatic carbocycles. The molecule has 4 amide bonds. The van der Waals surface area contributed by atoms with Gasteiger partial charge in [-0.2, -0.15) is 0 Å². The number of nitrogens with zero attached hydrogens (tertiary/aromatic N) is 1. The minimum Gasteiger partial charge on any atom is -0.467 e. The number of esters is 1. The lowest BCUT2D eigenvalue weighted by Gasteiger charge is -2.30. The van der Waals surface area contributed by atoms with Crippen LogP contribution in [0, 0.1) is 5.92 Å². The third-order valence-corrected chi connectivity index (χ3v) is 4.95. The van der Waals surface area contributed by atoms with E-state index in [1.807, 2.05) is 0 Å². The molecule has 1 atom stereocenters. The van der Waals surface area contributed by atoms with Crippen molar-refractivity contribution in [1.82, 2.24) is 15.5 Å². The second-order valence-electron chi connectivity index (χ2n) is 7.09. The summed E-state index contributed by atoms with van der Waals surface area (Å²) in [5, 5.41) is 5.42. The predicted molar refractivity (Wildman–Crippen MR) is 89.5 cm³/mol. The lowest BCUT2D eigenvalue weighted by Crippen LogP contribution is -2.48. The fraction of sp³-hybridized carbons (Fsp3) is 0.765. The fourth-order valence-electron chi connectivity index (χ4n) is 3.46. The lowest BCUT2D eigenvalue weighted by molar-refractivity contribution is -0.146. The number of nitrogens with one attached hydrogen (secondary N) is 2. The molecule has 8 nitrogen and oxygen atoms in total. The summed E-state index contributed by atoms with van der Waals surface area (Å²) in [5.74, 6) is -1.27. The van der Waals surface area contributed by atoms with Crippen molar-refractivity contribution in [3.8, 4) is 0 Å². The minimum atomic E-state index is -0.779. The molecular weight excluding hydrogens is 326 g/mol. The van der Waals surface area contributed by atoms with Crippen LogP contribution in [0.5, 0.6) is 0 Å². The van der Waals surface area contributed by atoms with Crippen LogP contribution in [0.1, 0.15) is 52.4 Å². The van der Waals surface area contributed by atoms with E-state index in [4.69, 9.17) is 0 Å². The molecule has 2 fully saturated rings. The molecule has 1 saturated heterocycles. The maximum Gasteiger partial charge on any atom is 0.328 e. The Kier molecular flexibility index (Phi) is 6.02. The van der Waals surface area contributed by atoms with Crippen LogP contribution in [-0.2, 0) is 19.1 Å². The smallest absolute Gasteiger partial charge is 0.328 e. The van der Waals surface area contributed by atoms with Gasteiger partial charge in [0.25, 0.3) is 5.91 Å². The highest BCUT2D eigenvalue weighted by atomic mass is 16.5. The SMILES string of the molecule is COC(=O)[C@@H](NC(=O)CCN1C(=O)NC2(CCCCC2)C1=O)C(C)C. The van der Waals surface area contributed by atoms with Gasteiger partial charge in [0.1, 0.15) is 11.6 Å². The van der Waals surface area contributed by atoms with E-state index in [0.717, 1.165) is 24.2 Å². The minimum absolute atomic E-state index is 0.00420. The summed E-state index contributed by atoms with van der Waals surface area (Å²) >= 11 is 0. The van der Waals surface area contributed by atoms with Crippen LogP contribution in [0.15, 0.2) is 0 Å². The van der Waals surface area contributed by atoms with Crippen molar-refractivity contribution >= 4 is 23.8 Å². The van der Waals surface area contributed by atoms with E-state index in [-0.39, 0.29) is 24.8 Å². The number of carbonyl (C=O) groups excluding carboxylic acids is 4. The third-order valence-electron chi connectivity index (χ3n) is 4.95. The predicted octanol–water partition coefficient (Wildman–Crippen LogP) is 0.945. The number of carbonyl (C=O) groups is 4. The Labute approximate surface area is 147 Å². The van der Waals surface area contributed by atoms with Gasteiger partial charge >= 0.3 is 12.0 Å². The maximum absolute atomic E-state index is 12.6. The molecule has 140 valence electrons. The first-order chi connectivity index (χ1) is 11.8. The Morgan fingerprint density at radius 1 is 1.24 bits per heavy atom. The molecule has 1 heterocycles. The van der Waals surface area contributed by atoms with Gasteiger partial charge in [0.2, 0.25) is 5.91 Å². The molecule has 8 heteroatoms. The Bertz CT molecular complexity index is 554. The molecule has 1 saturated carbocycles. The normalized spacial score (nSPS) is 20.6. The number of imide groups is 1. The number of methoxy groups -OCH3 is 1. The van der Waals surface area contributed by atoms with Gasteiger partial charge in [-0.25, -0.2) is 9.59 Å². The van der Waals surface area contributed by atoms with Gasteiger partial charge in [0, 0.05) is 13.0 Å². The van der Waals surface area contributed by atoms with Crippen LogP contribution in [0.2, 0.25) is 0 Å². The average molecular weight is 353 g/mol. The van der Waals surface area contributed by atoms with E-state index in [2.05, 4.69) is 15.4 Å². The molecule has 1 spiro atoms. The summed E-state index contributed by atoms with van der Waals surface area (Å²) in [5.41, 5.74) is -0.779. The molecule has 2 aliphatic rings. The van der Waals surface area contributed by atoms with Crippen LogP contribution < -0.4 is 10.6 Å². The van der Waals surface area contributed by atoms with Crippen LogP contribution in [-0.4, -0.2) is 54.0 Å². The molecule has 0 unspecified atom stereocenters. The number of hydrogen-bond donors (Lipinski definition) is 2. The van der Waals surface area contributed by atoms with E-state index >= 15 is 0 Å². The highest BCUT2D eigenvalue weighted by Crippen LogP contribution is 2.33. The van der Waals surface area contributed by atoms with Crippen molar-refractivity contribution in [3.63, 3.8) is 0 Å². The summed E-state index contributed by atoms with van der Waals surface area (Å²) in [6.07, 6.45) is 4.15. The fourth-order valence-corrected chi connectivity index (χ4v) is 3.46. The van der Waals surface area contributed by atoms with Crippen LogP contribution in [0.4, 0.5) is 4.79 Å². The van der Waals surface area contributed by atoms with Crippen molar-refractivity contribution in [3.05, 3.63) is 0 Å². The zero-order valence-corrected chi connectivity index (χ0v) is 15.1. The molecule has 1 aliphatic heterocycles. The van der Waals surface area contributed by atoms with Crippen LogP contribution in [0.25, 0.3) is 0 Å². The summed E-state index contributed by atoms with van der Waals surface area (Å²) in [6.45, 7) is 3.60. The third kappa shape index (κ3) is 4.11. The van der Waals surface area contributed by atoms with Gasteiger partial charge < -0.3 is 15.4 Å². The average Bonchev–Trinajstić information content (AvgIpc) is 2.80. The first-order valence-corrected chi connectivity index (χ1v) is 8.82. The topological polar surface area (TPSA) is 105 Å². The largest absolute Gasteiger partial charge is 0.467 e. The van der Waals surface area contributed by atoms with E-state index in [0.29, 0.717) is 12.8 Å². The van der Waals surface area contributed by atoms with Crippen LogP contribution >= 0.6 is 0 Å². The molecule has 2 rings (SSSR count). The van der Waals surface area contributed by atoms with Crippen molar-refractivity contribution < 1.29 is 23.9 Å². The van der Waals surface area contributed by atoms with Crippen molar-refractivity contribution in [2.75, 3.05) is 13.7 Å². The Morgan fingerprint density at radius 3 is 2.44 bits per heavy atom. The molecule has 0 radical (unpaired) electrons. The maximum atomic E-state index is 12.6. The van der Waals surface area contributed by atoms with Gasteiger partial charge in [0.05, 0.1) is 7.11 Å². The zero-order chi connectivity index (χ0) is 18.6. The highest BCUT2D eigenvalue weighted by molar-refractivity contribution is 6.07. The number of amides is 4. The van der Waals surface area contributed by atoms with Gasteiger partial charge in [-0.15, -0.1) is 0 Å². The number of hydrogen-bond acceptors (Lipinski definition) is 5. The Morgan fingerprint density at radius 2 is 1.88 bits per heavy atom. The molecule has 0 aromatic heterocycles. The molecule has 25 heavy (non-hydrogen) atoms. The summed E-state index contributed by atoms with van der Waals surface area (Å²) in [4.78, 5) is 49.7. The van der Waals surface area contributed by atoms with Crippen molar-refractivity contribution in [2.24, 2.45) is 5.92 Å². The summed E-state index contributed by atoms with van der Waals surface area (Å²) in [6, 6.07) is -1.18. The second-order valence-corrected chi connectivity index (χ2v) is 7.09. The van der Waals surface area contributed by atoms with Gasteiger partial charge in [-0.3, -0.25) is 14.5 Å². The first kappa shape index (κ1) is 19.2. The van der Waals surface area contributed by atoms with Gasteiger partial charge in [-0.1, -0.05) is 33.1 Å². The van der Waals surface area contributed by atoms with Gasteiger partial charge in [-0.05, 0) is 18.8 Å². The van der Waals surface area contributed by atoms with Gasteiger partial charge in [0.15, 0.2) is 0 Å². The Balaban J connectivity index is 1.92. The standard InChI is InChI=1S/C17H27N3O5/c1-11(2)13(14(22)25-3)18-12(21)7-10-20-15(23)17(19-16(20)24)8-5-4-6-9-17/h11,13H,4-10H2,1-3H3,(H,18,21)(H,19,24)/t13-/m0/s1. The highest BCUT2D eigenvalue weighted by Gasteiger charge is 2.51. The first-order valence-electron chi connectivity index (χ1n) is 8.82. The zero-order valence-electron chi connectivity index (χ0n) is 15.1. The van der Waals surface area contributed by atoms with E-state index in [1.165, 1.54) is 7.11 Å². The van der Waals surface area contributed by atoms with Crippen molar-refractivity contribution in [1.29, 1.82) is 0 Å². The van der Waals surface area contributed by atoms with Crippen molar-refractivity contribution in [2.45, 2.75) is 64.0 Å². The second kappa shape index (κ2) is 7.84. The van der Waals surface area contributed by atoms with E-state index in [9.17, 15) is 19.2 Å². The van der Waals surface area contributed by atoms with E-state index < -0.39 is 29.5 Å². The molecule has 2 N–H and O–H groups in total.